The van der Waals surface area contributed by atoms with Gasteiger partial charge in [-0.15, -0.1) is 0 Å². The highest BCUT2D eigenvalue weighted by Crippen LogP contribution is 2.26. The van der Waals surface area contributed by atoms with Crippen LogP contribution in [0.2, 0.25) is 5.02 Å². The third kappa shape index (κ3) is 6.85. The number of amides is 2. The van der Waals surface area contributed by atoms with Crippen molar-refractivity contribution in [3.63, 3.8) is 0 Å². The molecule has 3 aromatic rings. The summed E-state index contributed by atoms with van der Waals surface area (Å²) in [7, 11) is -1.10. The van der Waals surface area contributed by atoms with Gasteiger partial charge >= 0.3 is 0 Å². The Balaban J connectivity index is 2.06. The lowest BCUT2D eigenvalue weighted by Gasteiger charge is -2.33. The summed E-state index contributed by atoms with van der Waals surface area (Å²) in [5, 5.41) is 3.00. The monoisotopic (exact) mass is 557 g/mol. The van der Waals surface area contributed by atoms with Crippen molar-refractivity contribution >= 4 is 39.1 Å². The van der Waals surface area contributed by atoms with Crippen molar-refractivity contribution in [2.75, 3.05) is 25.0 Å². The molecule has 0 aliphatic heterocycles. The van der Waals surface area contributed by atoms with E-state index >= 15 is 0 Å². The molecule has 38 heavy (non-hydrogen) atoms. The van der Waals surface area contributed by atoms with E-state index < -0.39 is 28.5 Å². The molecular weight excluding hydrogens is 526 g/mol. The standard InChI is InChI=1S/C28H32ClN3O5S/c1-5-26(28(34)30-3)31(18-21-9-7-11-24(17-21)37-4)27(33)19-32(23-10-6-8-20(2)16-23)38(35,36)25-14-12-22(29)13-15-25/h6-17,26H,5,18-19H2,1-4H3,(H,30,34)/t26-/m0/s1. The predicted molar refractivity (Wildman–Crippen MR) is 149 cm³/mol. The molecule has 3 aromatic carbocycles. The van der Waals surface area contributed by atoms with Gasteiger partial charge in [0.1, 0.15) is 18.3 Å². The van der Waals surface area contributed by atoms with Gasteiger partial charge in [0, 0.05) is 18.6 Å². The first-order chi connectivity index (χ1) is 18.1. The number of nitrogens with zero attached hydrogens (tertiary/aromatic N) is 2. The number of ether oxygens (including phenoxy) is 1. The first kappa shape index (κ1) is 29.0. The van der Waals surface area contributed by atoms with Crippen LogP contribution in [0.25, 0.3) is 0 Å². The van der Waals surface area contributed by atoms with E-state index in [1.54, 1.807) is 50.4 Å². The molecule has 0 unspecified atom stereocenters. The van der Waals surface area contributed by atoms with Crippen LogP contribution >= 0.6 is 11.6 Å². The fourth-order valence-corrected chi connectivity index (χ4v) is 5.63. The summed E-state index contributed by atoms with van der Waals surface area (Å²) >= 11 is 5.98. The molecule has 8 nitrogen and oxygen atoms in total. The first-order valence-electron chi connectivity index (χ1n) is 12.1. The fraction of sp³-hybridized carbons (Fsp3) is 0.286. The number of nitrogens with one attached hydrogen (secondary N) is 1. The van der Waals surface area contributed by atoms with Gasteiger partial charge in [0.2, 0.25) is 11.8 Å². The molecule has 0 fully saturated rings. The van der Waals surface area contributed by atoms with Crippen LogP contribution in [-0.4, -0.2) is 51.9 Å². The molecule has 0 heterocycles. The van der Waals surface area contributed by atoms with Crippen LogP contribution in [-0.2, 0) is 26.2 Å². The minimum atomic E-state index is -4.15. The van der Waals surface area contributed by atoms with Crippen molar-refractivity contribution in [2.45, 2.75) is 37.8 Å². The van der Waals surface area contributed by atoms with Crippen LogP contribution in [0.5, 0.6) is 5.75 Å². The molecule has 10 heteroatoms. The molecule has 202 valence electrons. The Morgan fingerprint density at radius 2 is 1.71 bits per heavy atom. The van der Waals surface area contributed by atoms with Gasteiger partial charge in [-0.3, -0.25) is 13.9 Å². The molecular formula is C28H32ClN3O5S. The lowest BCUT2D eigenvalue weighted by atomic mass is 10.1. The number of carbonyl (C=O) groups excluding carboxylic acids is 2. The van der Waals surface area contributed by atoms with Gasteiger partial charge in [-0.05, 0) is 73.0 Å². The van der Waals surface area contributed by atoms with Crippen molar-refractivity contribution in [1.82, 2.24) is 10.2 Å². The lowest BCUT2D eigenvalue weighted by Crippen LogP contribution is -2.51. The SMILES string of the molecule is CC[C@@H](C(=O)NC)N(Cc1cccc(OC)c1)C(=O)CN(c1cccc(C)c1)S(=O)(=O)c1ccc(Cl)cc1. The molecule has 0 aliphatic rings. The fourth-order valence-electron chi connectivity index (χ4n) is 4.10. The van der Waals surface area contributed by atoms with Gasteiger partial charge in [0.25, 0.3) is 10.0 Å². The predicted octanol–water partition coefficient (Wildman–Crippen LogP) is 4.41. The van der Waals surface area contributed by atoms with Crippen LogP contribution in [0.3, 0.4) is 0 Å². The highest BCUT2D eigenvalue weighted by molar-refractivity contribution is 7.92. The number of anilines is 1. The van der Waals surface area contributed by atoms with E-state index in [4.69, 9.17) is 16.3 Å². The zero-order valence-electron chi connectivity index (χ0n) is 21.8. The maximum Gasteiger partial charge on any atom is 0.264 e. The summed E-state index contributed by atoms with van der Waals surface area (Å²) in [6.45, 7) is 3.22. The van der Waals surface area contributed by atoms with Crippen molar-refractivity contribution in [2.24, 2.45) is 0 Å². The molecule has 0 aromatic heterocycles. The third-order valence-electron chi connectivity index (χ3n) is 6.09. The van der Waals surface area contributed by atoms with E-state index in [1.165, 1.54) is 36.2 Å². The number of likely N-dealkylation sites (N-methyl/N-ethyl adjacent to an activating group) is 1. The Morgan fingerprint density at radius 3 is 2.32 bits per heavy atom. The quantitative estimate of drug-likeness (QED) is 0.377. The molecule has 2 amide bonds. The number of carbonyl (C=O) groups is 2. The number of halogens is 1. The molecule has 0 bridgehead atoms. The molecule has 0 aliphatic carbocycles. The van der Waals surface area contributed by atoms with E-state index in [0.717, 1.165) is 15.4 Å². The molecule has 3 rings (SSSR count). The van der Waals surface area contributed by atoms with Crippen LogP contribution < -0.4 is 14.4 Å². The van der Waals surface area contributed by atoms with E-state index in [-0.39, 0.29) is 17.3 Å². The third-order valence-corrected chi connectivity index (χ3v) is 8.13. The molecule has 1 atom stereocenters. The zero-order valence-corrected chi connectivity index (χ0v) is 23.4. The van der Waals surface area contributed by atoms with Crippen LogP contribution in [0, 0.1) is 6.92 Å². The lowest BCUT2D eigenvalue weighted by molar-refractivity contribution is -0.140. The Morgan fingerprint density at radius 1 is 1.03 bits per heavy atom. The average Bonchev–Trinajstić information content (AvgIpc) is 2.91. The summed E-state index contributed by atoms with van der Waals surface area (Å²) in [6, 6.07) is 19.0. The summed E-state index contributed by atoms with van der Waals surface area (Å²) in [5.41, 5.74) is 1.90. The normalized spacial score (nSPS) is 11.9. The highest BCUT2D eigenvalue weighted by Gasteiger charge is 2.33. The number of rotatable bonds is 11. The van der Waals surface area contributed by atoms with Gasteiger partial charge in [0.05, 0.1) is 17.7 Å². The van der Waals surface area contributed by atoms with E-state index in [1.807, 2.05) is 19.1 Å². The van der Waals surface area contributed by atoms with Crippen molar-refractivity contribution < 1.29 is 22.7 Å². The van der Waals surface area contributed by atoms with Crippen molar-refractivity contribution in [3.05, 3.63) is 88.9 Å². The number of aryl methyl sites for hydroxylation is 1. The van der Waals surface area contributed by atoms with Crippen LogP contribution in [0.15, 0.2) is 77.7 Å². The van der Waals surface area contributed by atoms with Crippen molar-refractivity contribution in [1.29, 1.82) is 0 Å². The Bertz CT molecular complexity index is 1380. The number of benzene rings is 3. The van der Waals surface area contributed by atoms with Crippen molar-refractivity contribution in [3.8, 4) is 5.75 Å². The smallest absolute Gasteiger partial charge is 0.264 e. The Labute approximate surface area is 229 Å². The topological polar surface area (TPSA) is 96.0 Å². The summed E-state index contributed by atoms with van der Waals surface area (Å²) < 4.78 is 34.0. The number of hydrogen-bond donors (Lipinski definition) is 1. The zero-order chi connectivity index (χ0) is 27.9. The van der Waals surface area contributed by atoms with Crippen LogP contribution in [0.1, 0.15) is 24.5 Å². The molecule has 1 N–H and O–H groups in total. The molecule has 0 saturated heterocycles. The molecule has 0 spiro atoms. The summed E-state index contributed by atoms with van der Waals surface area (Å²) in [6.07, 6.45) is 0.337. The van der Waals surface area contributed by atoms with Gasteiger partial charge in [-0.25, -0.2) is 8.42 Å². The number of sulfonamides is 1. The second-order valence-electron chi connectivity index (χ2n) is 8.72. The maximum absolute atomic E-state index is 13.9. The Hall–Kier alpha value is -3.56. The highest BCUT2D eigenvalue weighted by atomic mass is 35.5. The summed E-state index contributed by atoms with van der Waals surface area (Å²) in [4.78, 5) is 28.1. The minimum Gasteiger partial charge on any atom is -0.497 e. The van der Waals surface area contributed by atoms with Crippen LogP contribution in [0.4, 0.5) is 5.69 Å². The second-order valence-corrected chi connectivity index (χ2v) is 11.0. The molecule has 0 radical (unpaired) electrons. The van der Waals surface area contributed by atoms with Gasteiger partial charge in [-0.1, -0.05) is 42.8 Å². The minimum absolute atomic E-state index is 0.00565. The largest absolute Gasteiger partial charge is 0.497 e. The maximum atomic E-state index is 13.9. The molecule has 0 saturated carbocycles. The average molecular weight is 558 g/mol. The van der Waals surface area contributed by atoms with E-state index in [2.05, 4.69) is 5.32 Å². The van der Waals surface area contributed by atoms with Gasteiger partial charge < -0.3 is 15.0 Å². The second kappa shape index (κ2) is 12.8. The van der Waals surface area contributed by atoms with Gasteiger partial charge in [-0.2, -0.15) is 0 Å². The summed E-state index contributed by atoms with van der Waals surface area (Å²) in [5.74, 6) is -0.261. The van der Waals surface area contributed by atoms with E-state index in [0.29, 0.717) is 22.9 Å². The Kier molecular flexibility index (Phi) is 9.77. The number of hydrogen-bond acceptors (Lipinski definition) is 5. The van der Waals surface area contributed by atoms with E-state index in [9.17, 15) is 18.0 Å². The number of methoxy groups -OCH3 is 1. The van der Waals surface area contributed by atoms with Gasteiger partial charge in [0.15, 0.2) is 0 Å². The first-order valence-corrected chi connectivity index (χ1v) is 13.9.